The van der Waals surface area contributed by atoms with Crippen molar-refractivity contribution in [2.45, 2.75) is 25.4 Å². The lowest BCUT2D eigenvalue weighted by molar-refractivity contribution is -0.125. The molecule has 0 saturated carbocycles. The van der Waals surface area contributed by atoms with E-state index >= 15 is 0 Å². The molecule has 4 rings (SSSR count). The molecule has 1 aromatic carbocycles. The van der Waals surface area contributed by atoms with Gasteiger partial charge < -0.3 is 19.2 Å². The molecule has 28 heavy (non-hydrogen) atoms. The third kappa shape index (κ3) is 3.66. The first-order valence-electron chi connectivity index (χ1n) is 8.96. The number of likely N-dealkylation sites (tertiary alicyclic amines) is 1. The molecular formula is C20H18ClN3O4. The molecule has 2 aromatic heterocycles. The lowest BCUT2D eigenvalue weighted by Gasteiger charge is -2.22. The van der Waals surface area contributed by atoms with Crippen molar-refractivity contribution in [1.29, 1.82) is 0 Å². The minimum absolute atomic E-state index is 0.153. The quantitative estimate of drug-likeness (QED) is 0.709. The van der Waals surface area contributed by atoms with Crippen LogP contribution >= 0.6 is 11.6 Å². The first kappa shape index (κ1) is 18.3. The smallest absolute Gasteiger partial charge is 0.276 e. The standard InChI is InChI=1S/C20H18ClN3O4/c21-15-7-2-1-6-14(15)18-11-16(23-28-18)20(26)24-9-3-8-17(24)19(25)22-12-13-5-4-10-27-13/h1-2,4-7,10-11,17H,3,8-9,12H2,(H,22,25). The van der Waals surface area contributed by atoms with Crippen molar-refractivity contribution in [3.63, 3.8) is 0 Å². The Bertz CT molecular complexity index is 983. The number of carbonyl (C=O) groups excluding carboxylic acids is 2. The first-order chi connectivity index (χ1) is 13.6. The van der Waals surface area contributed by atoms with Crippen LogP contribution in [0.25, 0.3) is 11.3 Å². The van der Waals surface area contributed by atoms with Gasteiger partial charge in [-0.1, -0.05) is 28.9 Å². The Balaban J connectivity index is 1.46. The molecule has 7 nitrogen and oxygen atoms in total. The summed E-state index contributed by atoms with van der Waals surface area (Å²) in [6.07, 6.45) is 2.90. The number of furan rings is 1. The van der Waals surface area contributed by atoms with E-state index in [0.717, 1.165) is 6.42 Å². The van der Waals surface area contributed by atoms with E-state index in [1.165, 1.54) is 4.90 Å². The van der Waals surface area contributed by atoms with Gasteiger partial charge in [0.2, 0.25) is 5.91 Å². The summed E-state index contributed by atoms with van der Waals surface area (Å²) in [7, 11) is 0. The molecule has 0 bridgehead atoms. The van der Waals surface area contributed by atoms with E-state index in [0.29, 0.717) is 35.1 Å². The number of nitrogens with one attached hydrogen (secondary N) is 1. The van der Waals surface area contributed by atoms with Crippen LogP contribution < -0.4 is 5.32 Å². The average Bonchev–Trinajstić information content (AvgIpc) is 3.47. The molecule has 1 unspecified atom stereocenters. The van der Waals surface area contributed by atoms with Crippen molar-refractivity contribution in [3.05, 3.63) is 65.2 Å². The number of halogens is 1. The molecular weight excluding hydrogens is 382 g/mol. The molecule has 2 amide bonds. The van der Waals surface area contributed by atoms with Crippen LogP contribution in [0.3, 0.4) is 0 Å². The maximum absolute atomic E-state index is 12.9. The Morgan fingerprint density at radius 3 is 2.89 bits per heavy atom. The lowest BCUT2D eigenvalue weighted by Crippen LogP contribution is -2.45. The van der Waals surface area contributed by atoms with E-state index in [4.69, 9.17) is 20.5 Å². The van der Waals surface area contributed by atoms with E-state index in [1.807, 2.05) is 12.1 Å². The summed E-state index contributed by atoms with van der Waals surface area (Å²) in [6, 6.07) is 11.7. The largest absolute Gasteiger partial charge is 0.467 e. The van der Waals surface area contributed by atoms with Crippen molar-refractivity contribution >= 4 is 23.4 Å². The number of rotatable bonds is 5. The Kier molecular flexibility index (Phi) is 5.16. The molecule has 3 aromatic rings. The maximum Gasteiger partial charge on any atom is 0.276 e. The van der Waals surface area contributed by atoms with Gasteiger partial charge in [-0.15, -0.1) is 0 Å². The average molecular weight is 400 g/mol. The van der Waals surface area contributed by atoms with E-state index in [-0.39, 0.29) is 24.1 Å². The zero-order chi connectivity index (χ0) is 19.5. The summed E-state index contributed by atoms with van der Waals surface area (Å²) in [5, 5.41) is 7.21. The van der Waals surface area contributed by atoms with Gasteiger partial charge in [0, 0.05) is 18.2 Å². The number of carbonyl (C=O) groups is 2. The zero-order valence-corrected chi connectivity index (χ0v) is 15.7. The minimum atomic E-state index is -0.539. The van der Waals surface area contributed by atoms with Gasteiger partial charge in [0.15, 0.2) is 11.5 Å². The highest BCUT2D eigenvalue weighted by molar-refractivity contribution is 6.33. The third-order valence-electron chi connectivity index (χ3n) is 4.70. The molecule has 1 saturated heterocycles. The van der Waals surface area contributed by atoms with E-state index in [1.54, 1.807) is 36.6 Å². The Morgan fingerprint density at radius 1 is 1.25 bits per heavy atom. The fraction of sp³-hybridized carbons (Fsp3) is 0.250. The van der Waals surface area contributed by atoms with Crippen LogP contribution in [0, 0.1) is 0 Å². The van der Waals surface area contributed by atoms with Crippen LogP contribution in [0.5, 0.6) is 0 Å². The highest BCUT2D eigenvalue weighted by Crippen LogP contribution is 2.29. The highest BCUT2D eigenvalue weighted by atomic mass is 35.5. The van der Waals surface area contributed by atoms with Crippen molar-refractivity contribution in [2.24, 2.45) is 0 Å². The highest BCUT2D eigenvalue weighted by Gasteiger charge is 2.35. The Hall–Kier alpha value is -3.06. The van der Waals surface area contributed by atoms with Crippen LogP contribution in [0.4, 0.5) is 0 Å². The molecule has 8 heteroatoms. The number of hydrogen-bond donors (Lipinski definition) is 1. The van der Waals surface area contributed by atoms with Crippen molar-refractivity contribution < 1.29 is 18.5 Å². The van der Waals surface area contributed by atoms with Gasteiger partial charge >= 0.3 is 0 Å². The molecule has 3 heterocycles. The van der Waals surface area contributed by atoms with Gasteiger partial charge in [-0.25, -0.2) is 0 Å². The summed E-state index contributed by atoms with van der Waals surface area (Å²) in [5.74, 6) is 0.520. The number of aromatic nitrogens is 1. The molecule has 1 N–H and O–H groups in total. The van der Waals surface area contributed by atoms with E-state index in [9.17, 15) is 9.59 Å². The van der Waals surface area contributed by atoms with Gasteiger partial charge in [-0.05, 0) is 37.1 Å². The van der Waals surface area contributed by atoms with Crippen LogP contribution in [-0.4, -0.2) is 34.5 Å². The van der Waals surface area contributed by atoms with E-state index in [2.05, 4.69) is 10.5 Å². The van der Waals surface area contributed by atoms with Gasteiger partial charge in [0.25, 0.3) is 5.91 Å². The van der Waals surface area contributed by atoms with Crippen LogP contribution in [0.1, 0.15) is 29.1 Å². The van der Waals surface area contributed by atoms with Gasteiger partial charge in [-0.2, -0.15) is 0 Å². The molecule has 0 spiro atoms. The van der Waals surface area contributed by atoms with Crippen LogP contribution in [0.2, 0.25) is 5.02 Å². The monoisotopic (exact) mass is 399 g/mol. The molecule has 144 valence electrons. The summed E-state index contributed by atoms with van der Waals surface area (Å²) in [4.78, 5) is 27.0. The second-order valence-electron chi connectivity index (χ2n) is 6.51. The number of amides is 2. The van der Waals surface area contributed by atoms with Gasteiger partial charge in [0.05, 0.1) is 17.8 Å². The van der Waals surface area contributed by atoms with Gasteiger partial charge in [0.1, 0.15) is 11.8 Å². The third-order valence-corrected chi connectivity index (χ3v) is 5.03. The Labute approximate surface area is 166 Å². The SMILES string of the molecule is O=C(NCc1ccco1)C1CCCN1C(=O)c1cc(-c2ccccc2Cl)on1. The van der Waals surface area contributed by atoms with E-state index < -0.39 is 6.04 Å². The summed E-state index contributed by atoms with van der Waals surface area (Å²) in [6.45, 7) is 0.775. The number of nitrogens with zero attached hydrogens (tertiary/aromatic N) is 2. The summed E-state index contributed by atoms with van der Waals surface area (Å²) < 4.78 is 10.5. The maximum atomic E-state index is 12.9. The topological polar surface area (TPSA) is 88.6 Å². The van der Waals surface area contributed by atoms with Gasteiger partial charge in [-0.3, -0.25) is 9.59 Å². The first-order valence-corrected chi connectivity index (χ1v) is 9.34. The molecule has 1 aliphatic rings. The molecule has 0 radical (unpaired) electrons. The lowest BCUT2D eigenvalue weighted by atomic mass is 10.1. The zero-order valence-electron chi connectivity index (χ0n) is 14.9. The Morgan fingerprint density at radius 2 is 2.11 bits per heavy atom. The van der Waals surface area contributed by atoms with Crippen molar-refractivity contribution in [1.82, 2.24) is 15.4 Å². The fourth-order valence-corrected chi connectivity index (χ4v) is 3.53. The predicted octanol–water partition coefficient (Wildman–Crippen LogP) is 3.51. The summed E-state index contributed by atoms with van der Waals surface area (Å²) in [5.41, 5.74) is 0.811. The second kappa shape index (κ2) is 7.90. The summed E-state index contributed by atoms with van der Waals surface area (Å²) >= 11 is 6.17. The molecule has 1 atom stereocenters. The van der Waals surface area contributed by atoms with Crippen LogP contribution in [-0.2, 0) is 11.3 Å². The fourth-order valence-electron chi connectivity index (χ4n) is 3.30. The molecule has 0 aliphatic carbocycles. The van der Waals surface area contributed by atoms with Crippen molar-refractivity contribution in [2.75, 3.05) is 6.54 Å². The normalized spacial score (nSPS) is 16.3. The van der Waals surface area contributed by atoms with Crippen molar-refractivity contribution in [3.8, 4) is 11.3 Å². The van der Waals surface area contributed by atoms with Crippen LogP contribution in [0.15, 0.2) is 57.7 Å². The number of hydrogen-bond acceptors (Lipinski definition) is 5. The predicted molar refractivity (Wildman–Crippen MR) is 102 cm³/mol. The minimum Gasteiger partial charge on any atom is -0.467 e. The molecule has 1 aliphatic heterocycles. The molecule has 1 fully saturated rings. The second-order valence-corrected chi connectivity index (χ2v) is 6.92. The number of benzene rings is 1.